The Balaban J connectivity index is 0.00000180. The molecule has 1 aromatic carbocycles. The lowest BCUT2D eigenvalue weighted by Crippen LogP contribution is -2.48. The van der Waals surface area contributed by atoms with Crippen molar-refractivity contribution in [3.8, 4) is 0 Å². The third kappa shape index (κ3) is 5.21. The Morgan fingerprint density at radius 2 is 2.11 bits per heavy atom. The van der Waals surface area contributed by atoms with E-state index in [0.29, 0.717) is 18.4 Å². The number of hydrogen-bond donors (Lipinski definition) is 2. The van der Waals surface area contributed by atoms with Gasteiger partial charge in [-0.05, 0) is 37.4 Å². The molecule has 1 saturated heterocycles. The Kier molecular flexibility index (Phi) is 6.89. The van der Waals surface area contributed by atoms with Gasteiger partial charge < -0.3 is 10.6 Å². The van der Waals surface area contributed by atoms with Gasteiger partial charge in [-0.15, -0.1) is 12.4 Å². The molecule has 3 nitrogen and oxygen atoms in total. The Bertz CT molecular complexity index is 383. The second-order valence-electron chi connectivity index (χ2n) is 5.13. The van der Waals surface area contributed by atoms with E-state index >= 15 is 0 Å². The van der Waals surface area contributed by atoms with Gasteiger partial charge in [0, 0.05) is 12.5 Å². The van der Waals surface area contributed by atoms with Crippen LogP contribution >= 0.6 is 12.4 Å². The van der Waals surface area contributed by atoms with E-state index in [1.165, 1.54) is 5.56 Å². The number of aryl methyl sites for hydroxylation is 1. The van der Waals surface area contributed by atoms with Gasteiger partial charge in [0.1, 0.15) is 0 Å². The van der Waals surface area contributed by atoms with Crippen molar-refractivity contribution in [3.05, 3.63) is 35.9 Å². The summed E-state index contributed by atoms with van der Waals surface area (Å²) in [5.41, 5.74) is 1.23. The Morgan fingerprint density at radius 1 is 1.37 bits per heavy atom. The summed E-state index contributed by atoms with van der Waals surface area (Å²) in [6.07, 6.45) is 2.45. The highest BCUT2D eigenvalue weighted by Gasteiger charge is 2.22. The van der Waals surface area contributed by atoms with E-state index in [0.717, 1.165) is 25.9 Å². The summed E-state index contributed by atoms with van der Waals surface area (Å²) in [4.78, 5) is 11.9. The highest BCUT2D eigenvalue weighted by Crippen LogP contribution is 2.11. The fourth-order valence-electron chi connectivity index (χ4n) is 2.41. The van der Waals surface area contributed by atoms with Gasteiger partial charge in [0.05, 0.1) is 0 Å². The molecule has 2 atom stereocenters. The molecule has 1 aromatic rings. The van der Waals surface area contributed by atoms with Crippen molar-refractivity contribution in [2.45, 2.75) is 32.2 Å². The van der Waals surface area contributed by atoms with Crippen LogP contribution in [0.2, 0.25) is 0 Å². The molecule has 1 heterocycles. The Hall–Kier alpha value is -1.06. The number of halogens is 1. The first kappa shape index (κ1) is 16.0. The highest BCUT2D eigenvalue weighted by atomic mass is 35.5. The summed E-state index contributed by atoms with van der Waals surface area (Å²) in [7, 11) is 0. The van der Waals surface area contributed by atoms with Gasteiger partial charge in [-0.1, -0.05) is 37.3 Å². The Labute approximate surface area is 121 Å². The third-order valence-electron chi connectivity index (χ3n) is 3.62. The highest BCUT2D eigenvalue weighted by molar-refractivity contribution is 5.85. The molecule has 0 bridgehead atoms. The van der Waals surface area contributed by atoms with Gasteiger partial charge in [-0.25, -0.2) is 0 Å². The van der Waals surface area contributed by atoms with Crippen molar-refractivity contribution < 1.29 is 4.79 Å². The number of nitrogens with one attached hydrogen (secondary N) is 2. The first-order valence-corrected chi connectivity index (χ1v) is 6.79. The lowest BCUT2D eigenvalue weighted by molar-refractivity contribution is -0.122. The molecule has 0 aromatic heterocycles. The summed E-state index contributed by atoms with van der Waals surface area (Å²) < 4.78 is 0. The van der Waals surface area contributed by atoms with Gasteiger partial charge in [-0.3, -0.25) is 4.79 Å². The van der Waals surface area contributed by atoms with Crippen LogP contribution in [-0.2, 0) is 11.2 Å². The van der Waals surface area contributed by atoms with Crippen molar-refractivity contribution in [2.75, 3.05) is 13.1 Å². The lowest BCUT2D eigenvalue weighted by atomic mass is 9.95. The molecule has 2 N–H and O–H groups in total. The maximum absolute atomic E-state index is 11.9. The third-order valence-corrected chi connectivity index (χ3v) is 3.62. The second kappa shape index (κ2) is 8.18. The average molecular weight is 283 g/mol. The van der Waals surface area contributed by atoms with Crippen molar-refractivity contribution in [2.24, 2.45) is 5.92 Å². The lowest BCUT2D eigenvalue weighted by Gasteiger charge is -2.30. The smallest absolute Gasteiger partial charge is 0.220 e. The molecule has 0 radical (unpaired) electrons. The minimum Gasteiger partial charge on any atom is -0.353 e. The summed E-state index contributed by atoms with van der Waals surface area (Å²) in [6.45, 7) is 4.20. The van der Waals surface area contributed by atoms with E-state index in [1.807, 2.05) is 18.2 Å². The number of carbonyl (C=O) groups is 1. The zero-order chi connectivity index (χ0) is 12.8. The molecule has 106 valence electrons. The number of hydrogen-bond acceptors (Lipinski definition) is 2. The van der Waals surface area contributed by atoms with Crippen LogP contribution in [0.25, 0.3) is 0 Å². The van der Waals surface area contributed by atoms with Crippen LogP contribution < -0.4 is 10.6 Å². The number of rotatable bonds is 4. The molecule has 2 unspecified atom stereocenters. The molecule has 0 aliphatic carbocycles. The van der Waals surface area contributed by atoms with Gasteiger partial charge in [-0.2, -0.15) is 0 Å². The number of piperidine rings is 1. The first-order valence-electron chi connectivity index (χ1n) is 6.79. The van der Waals surface area contributed by atoms with Crippen LogP contribution in [0.5, 0.6) is 0 Å². The van der Waals surface area contributed by atoms with Crippen LogP contribution in [0.1, 0.15) is 25.3 Å². The predicted molar refractivity (Wildman–Crippen MR) is 80.6 cm³/mol. The quantitative estimate of drug-likeness (QED) is 0.889. The van der Waals surface area contributed by atoms with Gasteiger partial charge in [0.15, 0.2) is 0 Å². The monoisotopic (exact) mass is 282 g/mol. The van der Waals surface area contributed by atoms with E-state index in [4.69, 9.17) is 0 Å². The standard InChI is InChI=1S/C15H22N2O.ClH/c1-12-11-16-10-9-14(12)17-15(18)8-7-13-5-3-2-4-6-13;/h2-6,12,14,16H,7-11H2,1H3,(H,17,18);1H. The van der Waals surface area contributed by atoms with Crippen molar-refractivity contribution in [1.82, 2.24) is 10.6 Å². The van der Waals surface area contributed by atoms with Gasteiger partial charge in [0.25, 0.3) is 0 Å². The molecule has 19 heavy (non-hydrogen) atoms. The molecule has 0 spiro atoms. The molecule has 1 aliphatic rings. The SMILES string of the molecule is CC1CNCCC1NC(=O)CCc1ccccc1.Cl. The minimum atomic E-state index is 0. The van der Waals surface area contributed by atoms with E-state index in [2.05, 4.69) is 29.7 Å². The molecule has 1 aliphatic heterocycles. The predicted octanol–water partition coefficient (Wildman–Crippen LogP) is 2.16. The number of amides is 1. The maximum atomic E-state index is 11.9. The molecular formula is C15H23ClN2O. The van der Waals surface area contributed by atoms with E-state index in [1.54, 1.807) is 0 Å². The average Bonchev–Trinajstić information content (AvgIpc) is 2.40. The number of benzene rings is 1. The molecule has 1 amide bonds. The van der Waals surface area contributed by atoms with E-state index < -0.39 is 0 Å². The Morgan fingerprint density at radius 3 is 2.79 bits per heavy atom. The minimum absolute atomic E-state index is 0. The zero-order valence-electron chi connectivity index (χ0n) is 11.4. The largest absolute Gasteiger partial charge is 0.353 e. The van der Waals surface area contributed by atoms with E-state index in [-0.39, 0.29) is 18.3 Å². The van der Waals surface area contributed by atoms with Crippen molar-refractivity contribution in [3.63, 3.8) is 0 Å². The van der Waals surface area contributed by atoms with Crippen LogP contribution in [0.15, 0.2) is 30.3 Å². The summed E-state index contributed by atoms with van der Waals surface area (Å²) in [5.74, 6) is 0.706. The molecular weight excluding hydrogens is 260 g/mol. The molecule has 4 heteroatoms. The summed E-state index contributed by atoms with van der Waals surface area (Å²) >= 11 is 0. The van der Waals surface area contributed by atoms with Crippen LogP contribution in [0.4, 0.5) is 0 Å². The fraction of sp³-hybridized carbons (Fsp3) is 0.533. The maximum Gasteiger partial charge on any atom is 0.220 e. The van der Waals surface area contributed by atoms with Gasteiger partial charge in [0.2, 0.25) is 5.91 Å². The summed E-state index contributed by atoms with van der Waals surface area (Å²) in [6, 6.07) is 10.5. The summed E-state index contributed by atoms with van der Waals surface area (Å²) in [5, 5.41) is 6.50. The fourth-order valence-corrected chi connectivity index (χ4v) is 2.41. The van der Waals surface area contributed by atoms with Gasteiger partial charge >= 0.3 is 0 Å². The van der Waals surface area contributed by atoms with Crippen LogP contribution in [-0.4, -0.2) is 25.0 Å². The molecule has 0 saturated carbocycles. The van der Waals surface area contributed by atoms with E-state index in [9.17, 15) is 4.79 Å². The second-order valence-corrected chi connectivity index (χ2v) is 5.13. The normalized spacial score (nSPS) is 22.4. The van der Waals surface area contributed by atoms with Crippen LogP contribution in [0, 0.1) is 5.92 Å². The van der Waals surface area contributed by atoms with Crippen molar-refractivity contribution >= 4 is 18.3 Å². The van der Waals surface area contributed by atoms with Crippen LogP contribution in [0.3, 0.4) is 0 Å². The molecule has 1 fully saturated rings. The zero-order valence-corrected chi connectivity index (χ0v) is 12.2. The van der Waals surface area contributed by atoms with Crippen molar-refractivity contribution in [1.29, 1.82) is 0 Å². The molecule has 2 rings (SSSR count). The first-order chi connectivity index (χ1) is 8.75. The topological polar surface area (TPSA) is 41.1 Å². The number of carbonyl (C=O) groups excluding carboxylic acids is 1.